The maximum Gasteiger partial charge on any atom is 0.254 e. The largest absolute Gasteiger partial charge is 0.311 e. The van der Waals surface area contributed by atoms with Crippen molar-refractivity contribution in [1.82, 2.24) is 0 Å². The number of rotatable bonds is 6. The molecule has 0 fully saturated rings. The molecule has 14 rings (SSSR count). The molecule has 3 heterocycles. The number of benzene rings is 11. The van der Waals surface area contributed by atoms with Gasteiger partial charge in [-0.25, -0.2) is 0 Å². The molecular weight excluding hydrogens is 864 g/mol. The van der Waals surface area contributed by atoms with E-state index in [0.717, 1.165) is 12.8 Å². The standard InChI is InChI=1S/C66H53BN2S/c1-7-65(3,4)40-29-35-61-56(36-40)62-64(70-61)69(43-31-33-53-49-23-12-10-19-45(49)47-21-14-16-25-51(47)55(53)39-43)60-27-17-26-59-63(60)67(62)57-37-41(66(5,6)8-2)28-34-58(57)68(59)42-30-32-52-48-22-11-9-18-44(48)46-20-13-15-24-50(46)54(52)38-42/h9-39H,7-8H2,1-6H3. The smallest absolute Gasteiger partial charge is 0.254 e. The zero-order valence-corrected chi connectivity index (χ0v) is 41.5. The Hall–Kier alpha value is -7.40. The molecule has 2 nitrogen and oxygen atoms in total. The van der Waals surface area contributed by atoms with Crippen LogP contribution in [0, 0.1) is 0 Å². The monoisotopic (exact) mass is 916 g/mol. The average Bonchev–Trinajstić information content (AvgIpc) is 3.79. The molecule has 0 bridgehead atoms. The molecule has 0 amide bonds. The molecule has 0 N–H and O–H groups in total. The van der Waals surface area contributed by atoms with Crippen LogP contribution in [0.1, 0.15) is 65.5 Å². The first kappa shape index (κ1) is 41.6. The van der Waals surface area contributed by atoms with Crippen LogP contribution in [0.2, 0.25) is 0 Å². The van der Waals surface area contributed by atoms with Gasteiger partial charge in [0.25, 0.3) is 6.71 Å². The predicted molar refractivity (Wildman–Crippen MR) is 308 cm³/mol. The fourth-order valence-corrected chi connectivity index (χ4v) is 13.6. The molecule has 0 spiro atoms. The van der Waals surface area contributed by atoms with E-state index in [-0.39, 0.29) is 17.5 Å². The van der Waals surface area contributed by atoms with Crippen LogP contribution in [0.3, 0.4) is 0 Å². The van der Waals surface area contributed by atoms with E-state index in [1.165, 1.54) is 136 Å². The molecule has 12 aromatic rings. The third kappa shape index (κ3) is 5.80. The van der Waals surface area contributed by atoms with Crippen LogP contribution in [0.25, 0.3) is 74.7 Å². The molecule has 2 aliphatic heterocycles. The molecule has 336 valence electrons. The fraction of sp³-hybridized carbons (Fsp3) is 0.152. The lowest BCUT2D eigenvalue weighted by Crippen LogP contribution is -2.61. The van der Waals surface area contributed by atoms with Gasteiger partial charge in [0.05, 0.1) is 5.00 Å². The summed E-state index contributed by atoms with van der Waals surface area (Å²) in [6.45, 7) is 14.3. The molecule has 2 aliphatic rings. The first-order valence-corrected chi connectivity index (χ1v) is 26.1. The lowest BCUT2D eigenvalue weighted by atomic mass is 9.33. The van der Waals surface area contributed by atoms with Gasteiger partial charge in [0.1, 0.15) is 0 Å². The van der Waals surface area contributed by atoms with Crippen molar-refractivity contribution in [2.75, 3.05) is 9.80 Å². The van der Waals surface area contributed by atoms with Crippen LogP contribution in [0.15, 0.2) is 188 Å². The highest BCUT2D eigenvalue weighted by molar-refractivity contribution is 7.26. The van der Waals surface area contributed by atoms with Crippen LogP contribution in [-0.2, 0) is 10.8 Å². The molecule has 0 aliphatic carbocycles. The van der Waals surface area contributed by atoms with Crippen molar-refractivity contribution in [3.8, 4) is 0 Å². The molecule has 1 aromatic heterocycles. The maximum absolute atomic E-state index is 2.63. The summed E-state index contributed by atoms with van der Waals surface area (Å²) in [4.78, 5) is 5.23. The molecule has 0 saturated heterocycles. The molecule has 11 aromatic carbocycles. The van der Waals surface area contributed by atoms with Gasteiger partial charge in [0.2, 0.25) is 0 Å². The van der Waals surface area contributed by atoms with E-state index in [1.807, 2.05) is 11.3 Å². The second-order valence-electron chi connectivity index (χ2n) is 21.2. The SMILES string of the molecule is CCC(C)(C)c1ccc2c(c1)B1c3c(cccc3N(c3ccc4c5ccccc5c5ccccc5c4c3)c3sc4ccc(C(C)(C)CC)cc4c31)N2c1ccc2c3ccccc3c3ccccc3c2c1. The summed E-state index contributed by atoms with van der Waals surface area (Å²) in [5, 5.41) is 18.1. The van der Waals surface area contributed by atoms with E-state index >= 15 is 0 Å². The van der Waals surface area contributed by atoms with E-state index in [1.54, 1.807) is 0 Å². The minimum absolute atomic E-state index is 0.000811. The maximum atomic E-state index is 2.63. The van der Waals surface area contributed by atoms with E-state index in [0.29, 0.717) is 0 Å². The number of anilines is 6. The molecule has 70 heavy (non-hydrogen) atoms. The Morgan fingerprint density at radius 2 is 0.800 bits per heavy atom. The third-order valence-corrected chi connectivity index (χ3v) is 18.1. The van der Waals surface area contributed by atoms with Gasteiger partial charge in [0.15, 0.2) is 0 Å². The van der Waals surface area contributed by atoms with E-state index in [4.69, 9.17) is 0 Å². The van der Waals surface area contributed by atoms with Crippen LogP contribution in [0.5, 0.6) is 0 Å². The molecular formula is C66H53BN2S. The minimum atomic E-state index is -0.000811. The van der Waals surface area contributed by atoms with E-state index in [9.17, 15) is 0 Å². The highest BCUT2D eigenvalue weighted by Gasteiger charge is 2.46. The van der Waals surface area contributed by atoms with Gasteiger partial charge in [-0.15, -0.1) is 11.3 Å². The molecule has 0 unspecified atom stereocenters. The topological polar surface area (TPSA) is 6.48 Å². The first-order valence-electron chi connectivity index (χ1n) is 25.2. The van der Waals surface area contributed by atoms with Gasteiger partial charge in [-0.3, -0.25) is 0 Å². The van der Waals surface area contributed by atoms with Crippen molar-refractivity contribution in [3.63, 3.8) is 0 Å². The summed E-state index contributed by atoms with van der Waals surface area (Å²) in [6, 6.07) is 72.2. The lowest BCUT2D eigenvalue weighted by molar-refractivity contribution is 0.506. The molecule has 4 heteroatoms. The Bertz CT molecular complexity index is 4130. The van der Waals surface area contributed by atoms with Gasteiger partial charge in [-0.2, -0.15) is 0 Å². The quantitative estimate of drug-likeness (QED) is 0.121. The number of nitrogens with zero attached hydrogens (tertiary/aromatic N) is 2. The number of hydrogen-bond acceptors (Lipinski definition) is 3. The number of hydrogen-bond donors (Lipinski definition) is 0. The Balaban J connectivity index is 1.09. The number of fused-ring (bicyclic) bond motifs is 18. The van der Waals surface area contributed by atoms with Crippen molar-refractivity contribution >= 4 is 143 Å². The van der Waals surface area contributed by atoms with Crippen molar-refractivity contribution in [1.29, 1.82) is 0 Å². The van der Waals surface area contributed by atoms with Crippen LogP contribution in [-0.4, -0.2) is 6.71 Å². The fourth-order valence-electron chi connectivity index (χ4n) is 12.3. The summed E-state index contributed by atoms with van der Waals surface area (Å²) >= 11 is 1.96. The number of thiophene rings is 1. The third-order valence-electron chi connectivity index (χ3n) is 16.9. The van der Waals surface area contributed by atoms with Crippen LogP contribution < -0.4 is 26.2 Å². The van der Waals surface area contributed by atoms with Crippen molar-refractivity contribution in [2.24, 2.45) is 0 Å². The predicted octanol–water partition coefficient (Wildman–Crippen LogP) is 17.3. The highest BCUT2D eigenvalue weighted by Crippen LogP contribution is 2.50. The minimum Gasteiger partial charge on any atom is -0.311 e. The lowest BCUT2D eigenvalue weighted by Gasteiger charge is -2.43. The van der Waals surface area contributed by atoms with Gasteiger partial charge < -0.3 is 9.80 Å². The Kier molecular flexibility index (Phi) is 8.94. The second kappa shape index (κ2) is 15.1. The Morgan fingerprint density at radius 3 is 1.30 bits per heavy atom. The summed E-state index contributed by atoms with van der Waals surface area (Å²) in [5.74, 6) is 0. The average molecular weight is 917 g/mol. The van der Waals surface area contributed by atoms with Gasteiger partial charge >= 0.3 is 0 Å². The highest BCUT2D eigenvalue weighted by atomic mass is 32.1. The molecule has 0 atom stereocenters. The van der Waals surface area contributed by atoms with Crippen molar-refractivity contribution in [3.05, 3.63) is 199 Å². The summed E-state index contributed by atoms with van der Waals surface area (Å²) in [7, 11) is 0. The van der Waals surface area contributed by atoms with Crippen LogP contribution >= 0.6 is 11.3 Å². The summed E-state index contributed by atoms with van der Waals surface area (Å²) < 4.78 is 1.33. The summed E-state index contributed by atoms with van der Waals surface area (Å²) in [5.41, 5.74) is 13.1. The first-order chi connectivity index (χ1) is 34.1. The second-order valence-corrected chi connectivity index (χ2v) is 22.3. The summed E-state index contributed by atoms with van der Waals surface area (Å²) in [6.07, 6.45) is 2.12. The van der Waals surface area contributed by atoms with Gasteiger partial charge in [-0.05, 0) is 170 Å². The zero-order valence-electron chi connectivity index (χ0n) is 40.7. The Morgan fingerprint density at radius 1 is 0.371 bits per heavy atom. The van der Waals surface area contributed by atoms with E-state index < -0.39 is 0 Å². The normalized spacial score (nSPS) is 13.6. The van der Waals surface area contributed by atoms with Crippen molar-refractivity contribution < 1.29 is 0 Å². The van der Waals surface area contributed by atoms with E-state index in [2.05, 4.69) is 239 Å². The molecule has 0 radical (unpaired) electrons. The van der Waals surface area contributed by atoms with Crippen LogP contribution in [0.4, 0.5) is 33.4 Å². The Labute approximate surface area is 414 Å². The zero-order chi connectivity index (χ0) is 47.2. The molecule has 0 saturated carbocycles. The van der Waals surface area contributed by atoms with Gasteiger partial charge in [0, 0.05) is 33.1 Å². The van der Waals surface area contributed by atoms with Crippen molar-refractivity contribution in [2.45, 2.75) is 65.2 Å². The van der Waals surface area contributed by atoms with Gasteiger partial charge in [-0.1, -0.05) is 181 Å².